The number of aliphatic carboxylic acids is 1. The van der Waals surface area contributed by atoms with E-state index in [1.165, 1.54) is 0 Å². The van der Waals surface area contributed by atoms with Gasteiger partial charge in [0.2, 0.25) is 0 Å². The van der Waals surface area contributed by atoms with Crippen LogP contribution >= 0.6 is 0 Å². The number of piperazine rings is 1. The molecule has 1 N–H and O–H groups in total. The number of likely N-dealkylation sites (N-methyl/N-ethyl adjacent to an activating group) is 1. The van der Waals surface area contributed by atoms with E-state index in [2.05, 4.69) is 18.9 Å². The Morgan fingerprint density at radius 1 is 1.56 bits per heavy atom. The molecule has 16 heavy (non-hydrogen) atoms. The Kier molecular flexibility index (Phi) is 5.18. The Labute approximate surface area is 97.0 Å². The van der Waals surface area contributed by atoms with E-state index in [0.717, 1.165) is 26.1 Å². The molecule has 0 radical (unpaired) electrons. The lowest BCUT2D eigenvalue weighted by molar-refractivity contribution is -0.146. The lowest BCUT2D eigenvalue weighted by Crippen LogP contribution is -2.57. The summed E-state index contributed by atoms with van der Waals surface area (Å²) in [6.07, 6.45) is 1.05. The molecule has 0 aromatic carbocycles. The molecule has 1 saturated heterocycles. The second kappa shape index (κ2) is 6.18. The molecule has 2 atom stereocenters. The molecule has 94 valence electrons. The zero-order valence-corrected chi connectivity index (χ0v) is 10.3. The van der Waals surface area contributed by atoms with Crippen LogP contribution in [0.4, 0.5) is 0 Å². The minimum atomic E-state index is -0.791. The molecule has 1 fully saturated rings. The van der Waals surface area contributed by atoms with Gasteiger partial charge in [-0.2, -0.15) is 0 Å². The van der Waals surface area contributed by atoms with Crippen LogP contribution < -0.4 is 0 Å². The lowest BCUT2D eigenvalue weighted by Gasteiger charge is -2.41. The van der Waals surface area contributed by atoms with Crippen molar-refractivity contribution in [1.82, 2.24) is 9.80 Å². The first-order valence-corrected chi connectivity index (χ1v) is 5.76. The van der Waals surface area contributed by atoms with Gasteiger partial charge < -0.3 is 14.7 Å². The van der Waals surface area contributed by atoms with Crippen LogP contribution in [0, 0.1) is 0 Å². The minimum absolute atomic E-state index is 0.259. The molecule has 1 aliphatic rings. The van der Waals surface area contributed by atoms with Gasteiger partial charge in [0, 0.05) is 32.8 Å². The number of ether oxygens (including phenoxy) is 1. The molecule has 0 spiro atoms. The first-order valence-electron chi connectivity index (χ1n) is 5.76. The number of rotatable bonds is 5. The van der Waals surface area contributed by atoms with Crippen LogP contribution in [0.3, 0.4) is 0 Å². The van der Waals surface area contributed by atoms with Crippen LogP contribution in [-0.2, 0) is 9.53 Å². The fraction of sp³-hybridized carbons (Fsp3) is 0.909. The number of methoxy groups -OCH3 is 1. The Morgan fingerprint density at radius 3 is 2.75 bits per heavy atom. The van der Waals surface area contributed by atoms with Crippen LogP contribution in [0.2, 0.25) is 0 Å². The van der Waals surface area contributed by atoms with Gasteiger partial charge in [-0.05, 0) is 13.5 Å². The first-order chi connectivity index (χ1) is 7.60. The van der Waals surface area contributed by atoms with Crippen molar-refractivity contribution in [3.05, 3.63) is 0 Å². The standard InChI is InChI=1S/C11H22N2O3/c1-4-9-7-13(6-5-12(9)2)10(8-16-3)11(14)15/h9-10H,4-8H2,1-3H3,(H,14,15). The third-order valence-electron chi connectivity index (χ3n) is 3.33. The van der Waals surface area contributed by atoms with Gasteiger partial charge in [0.05, 0.1) is 6.61 Å². The molecule has 1 aliphatic heterocycles. The molecule has 5 nitrogen and oxygen atoms in total. The summed E-state index contributed by atoms with van der Waals surface area (Å²) in [5.41, 5.74) is 0. The van der Waals surface area contributed by atoms with E-state index in [0.29, 0.717) is 6.04 Å². The second-order valence-electron chi connectivity index (χ2n) is 4.35. The average molecular weight is 230 g/mol. The van der Waals surface area contributed by atoms with Crippen LogP contribution in [0.1, 0.15) is 13.3 Å². The zero-order chi connectivity index (χ0) is 12.1. The van der Waals surface area contributed by atoms with E-state index in [4.69, 9.17) is 9.84 Å². The summed E-state index contributed by atoms with van der Waals surface area (Å²) < 4.78 is 4.98. The highest BCUT2D eigenvalue weighted by Gasteiger charge is 2.31. The fourth-order valence-electron chi connectivity index (χ4n) is 2.18. The topological polar surface area (TPSA) is 53.0 Å². The number of hydrogen-bond acceptors (Lipinski definition) is 4. The van der Waals surface area contributed by atoms with Crippen molar-refractivity contribution in [3.63, 3.8) is 0 Å². The van der Waals surface area contributed by atoms with Crippen molar-refractivity contribution in [3.8, 4) is 0 Å². The Balaban J connectivity index is 2.61. The molecule has 0 aliphatic carbocycles. The third kappa shape index (κ3) is 3.17. The number of carboxylic acids is 1. The van der Waals surface area contributed by atoms with Crippen molar-refractivity contribution < 1.29 is 14.6 Å². The van der Waals surface area contributed by atoms with Gasteiger partial charge in [0.1, 0.15) is 6.04 Å². The van der Waals surface area contributed by atoms with Gasteiger partial charge in [0.15, 0.2) is 0 Å². The van der Waals surface area contributed by atoms with Gasteiger partial charge >= 0.3 is 5.97 Å². The van der Waals surface area contributed by atoms with Crippen molar-refractivity contribution >= 4 is 5.97 Å². The zero-order valence-electron chi connectivity index (χ0n) is 10.3. The molecule has 0 amide bonds. The first kappa shape index (κ1) is 13.4. The summed E-state index contributed by atoms with van der Waals surface area (Å²) in [7, 11) is 3.64. The van der Waals surface area contributed by atoms with Crippen molar-refractivity contribution in [2.75, 3.05) is 40.4 Å². The van der Waals surface area contributed by atoms with E-state index in [-0.39, 0.29) is 6.61 Å². The molecule has 0 aromatic rings. The summed E-state index contributed by atoms with van der Waals surface area (Å²) in [5, 5.41) is 9.15. The Hall–Kier alpha value is -0.650. The smallest absolute Gasteiger partial charge is 0.323 e. The van der Waals surface area contributed by atoms with E-state index in [1.807, 2.05) is 4.90 Å². The molecule has 5 heteroatoms. The minimum Gasteiger partial charge on any atom is -0.480 e. The Bertz CT molecular complexity index is 235. The van der Waals surface area contributed by atoms with Crippen molar-refractivity contribution in [1.29, 1.82) is 0 Å². The third-order valence-corrected chi connectivity index (χ3v) is 3.33. The summed E-state index contributed by atoms with van der Waals surface area (Å²) in [6.45, 7) is 4.93. The fourth-order valence-corrected chi connectivity index (χ4v) is 2.18. The van der Waals surface area contributed by atoms with E-state index < -0.39 is 12.0 Å². The summed E-state index contributed by atoms with van der Waals surface area (Å²) in [4.78, 5) is 15.4. The highest BCUT2D eigenvalue weighted by molar-refractivity contribution is 5.73. The SMILES string of the molecule is CCC1CN(C(COC)C(=O)O)CCN1C. The molecule has 1 rings (SSSR count). The maximum absolute atomic E-state index is 11.1. The number of carboxylic acid groups (broad SMARTS) is 1. The van der Waals surface area contributed by atoms with E-state index in [1.54, 1.807) is 7.11 Å². The van der Waals surface area contributed by atoms with Crippen LogP contribution in [0.25, 0.3) is 0 Å². The number of nitrogens with zero attached hydrogens (tertiary/aromatic N) is 2. The highest BCUT2D eigenvalue weighted by atomic mass is 16.5. The number of hydrogen-bond donors (Lipinski definition) is 1. The highest BCUT2D eigenvalue weighted by Crippen LogP contribution is 2.13. The molecule has 1 heterocycles. The molecule has 2 unspecified atom stereocenters. The molecular formula is C11H22N2O3. The van der Waals surface area contributed by atoms with Gasteiger partial charge in [-0.3, -0.25) is 9.69 Å². The molecule has 0 saturated carbocycles. The quantitative estimate of drug-likeness (QED) is 0.726. The van der Waals surface area contributed by atoms with Crippen molar-refractivity contribution in [2.24, 2.45) is 0 Å². The molecule has 0 aromatic heterocycles. The lowest BCUT2D eigenvalue weighted by atomic mass is 10.1. The number of carbonyl (C=O) groups is 1. The van der Waals surface area contributed by atoms with Gasteiger partial charge in [-0.15, -0.1) is 0 Å². The summed E-state index contributed by atoms with van der Waals surface area (Å²) >= 11 is 0. The molecular weight excluding hydrogens is 208 g/mol. The van der Waals surface area contributed by atoms with E-state index in [9.17, 15) is 4.79 Å². The van der Waals surface area contributed by atoms with Crippen LogP contribution in [0.15, 0.2) is 0 Å². The van der Waals surface area contributed by atoms with Gasteiger partial charge in [-0.25, -0.2) is 0 Å². The maximum atomic E-state index is 11.1. The predicted octanol–water partition coefficient (Wildman–Crippen LogP) is 0.112. The summed E-state index contributed by atoms with van der Waals surface area (Å²) in [5.74, 6) is -0.791. The summed E-state index contributed by atoms with van der Waals surface area (Å²) in [6, 6.07) is -0.0554. The van der Waals surface area contributed by atoms with Gasteiger partial charge in [0.25, 0.3) is 0 Å². The van der Waals surface area contributed by atoms with Crippen LogP contribution in [0.5, 0.6) is 0 Å². The van der Waals surface area contributed by atoms with Crippen LogP contribution in [-0.4, -0.2) is 73.4 Å². The molecule has 0 bridgehead atoms. The largest absolute Gasteiger partial charge is 0.480 e. The maximum Gasteiger partial charge on any atom is 0.323 e. The predicted molar refractivity (Wildman–Crippen MR) is 61.6 cm³/mol. The monoisotopic (exact) mass is 230 g/mol. The van der Waals surface area contributed by atoms with E-state index >= 15 is 0 Å². The van der Waals surface area contributed by atoms with Gasteiger partial charge in [-0.1, -0.05) is 6.92 Å². The normalized spacial score (nSPS) is 25.6. The second-order valence-corrected chi connectivity index (χ2v) is 4.35. The average Bonchev–Trinajstić information content (AvgIpc) is 2.26. The van der Waals surface area contributed by atoms with Crippen molar-refractivity contribution in [2.45, 2.75) is 25.4 Å². The Morgan fingerprint density at radius 2 is 2.25 bits per heavy atom.